The summed E-state index contributed by atoms with van der Waals surface area (Å²) in [6, 6.07) is 17.6. The summed E-state index contributed by atoms with van der Waals surface area (Å²) in [4.78, 5) is 13.4. The van der Waals surface area contributed by atoms with Gasteiger partial charge in [-0.15, -0.1) is 0 Å². The van der Waals surface area contributed by atoms with Crippen molar-refractivity contribution in [2.45, 2.75) is 37.9 Å². The van der Waals surface area contributed by atoms with Crippen LogP contribution in [0.2, 0.25) is 0 Å². The molecule has 0 aromatic heterocycles. The molecule has 1 aliphatic heterocycles. The number of carbonyl (C=O) groups is 1. The van der Waals surface area contributed by atoms with Crippen molar-refractivity contribution in [3.05, 3.63) is 65.7 Å². The fourth-order valence-electron chi connectivity index (χ4n) is 5.17. The first-order chi connectivity index (χ1) is 13.9. The maximum absolute atomic E-state index is 11.1. The lowest BCUT2D eigenvalue weighted by atomic mass is 9.91. The Hall–Kier alpha value is -2.21. The molecular formula is C24H30N2O3. The summed E-state index contributed by atoms with van der Waals surface area (Å²) in [5.74, 6) is 0.894. The van der Waals surface area contributed by atoms with E-state index in [9.17, 15) is 15.0 Å². The molecule has 3 N–H and O–H groups in total. The van der Waals surface area contributed by atoms with Gasteiger partial charge < -0.3 is 15.5 Å². The number of fused-ring (bicyclic) bond motifs is 1. The number of rotatable bonds is 6. The highest BCUT2D eigenvalue weighted by atomic mass is 16.3. The highest BCUT2D eigenvalue weighted by Crippen LogP contribution is 2.45. The van der Waals surface area contributed by atoms with Gasteiger partial charge in [-0.1, -0.05) is 42.5 Å². The van der Waals surface area contributed by atoms with Crippen LogP contribution in [-0.2, 0) is 11.2 Å². The lowest BCUT2D eigenvalue weighted by Gasteiger charge is -2.27. The van der Waals surface area contributed by atoms with E-state index in [-0.39, 0.29) is 5.91 Å². The molecule has 2 aromatic carbocycles. The van der Waals surface area contributed by atoms with E-state index < -0.39 is 11.7 Å². The second-order valence-corrected chi connectivity index (χ2v) is 8.85. The zero-order chi connectivity index (χ0) is 20.4. The molecule has 1 aliphatic carbocycles. The van der Waals surface area contributed by atoms with Crippen molar-refractivity contribution >= 4 is 11.6 Å². The van der Waals surface area contributed by atoms with E-state index in [0.717, 1.165) is 43.6 Å². The van der Waals surface area contributed by atoms with Crippen LogP contribution in [0.15, 0.2) is 54.6 Å². The monoisotopic (exact) mass is 394 g/mol. The lowest BCUT2D eigenvalue weighted by Crippen LogP contribution is -2.33. The van der Waals surface area contributed by atoms with Crippen LogP contribution in [0.3, 0.4) is 0 Å². The predicted molar refractivity (Wildman–Crippen MR) is 113 cm³/mol. The molecule has 154 valence electrons. The van der Waals surface area contributed by atoms with E-state index in [0.29, 0.717) is 18.4 Å². The van der Waals surface area contributed by atoms with Gasteiger partial charge in [0, 0.05) is 38.7 Å². The van der Waals surface area contributed by atoms with E-state index in [1.807, 2.05) is 42.5 Å². The number of benzene rings is 2. The molecule has 1 heterocycles. The number of nitrogens with zero attached hydrogens (tertiary/aromatic N) is 1. The first-order valence-corrected chi connectivity index (χ1v) is 10.4. The summed E-state index contributed by atoms with van der Waals surface area (Å²) in [7, 11) is 0. The van der Waals surface area contributed by atoms with Gasteiger partial charge in [-0.3, -0.25) is 9.69 Å². The summed E-state index contributed by atoms with van der Waals surface area (Å²) in [5.41, 5.74) is 2.20. The van der Waals surface area contributed by atoms with E-state index in [1.165, 1.54) is 12.5 Å². The number of β-amino-alcohol motifs (C(OH)–C–C–N with tert-alkyl or cyclic N) is 1. The third kappa shape index (κ3) is 4.86. The van der Waals surface area contributed by atoms with Crippen LogP contribution in [0, 0.1) is 11.8 Å². The molecule has 2 aliphatic rings. The average Bonchev–Trinajstić information content (AvgIpc) is 3.16. The minimum absolute atomic E-state index is 0.103. The van der Waals surface area contributed by atoms with Gasteiger partial charge in [-0.05, 0) is 47.9 Å². The van der Waals surface area contributed by atoms with Crippen LogP contribution in [0.1, 0.15) is 37.0 Å². The largest absolute Gasteiger partial charge is 0.390 e. The summed E-state index contributed by atoms with van der Waals surface area (Å²) < 4.78 is 0. The number of carbonyl (C=O) groups excluding carboxylic acids is 1. The van der Waals surface area contributed by atoms with Crippen LogP contribution in [0.25, 0.3) is 0 Å². The number of anilines is 1. The Labute approximate surface area is 172 Å². The van der Waals surface area contributed by atoms with Gasteiger partial charge in [0.1, 0.15) is 0 Å². The molecule has 4 rings (SSSR count). The Morgan fingerprint density at radius 2 is 1.72 bits per heavy atom. The Kier molecular flexibility index (Phi) is 5.72. The molecule has 29 heavy (non-hydrogen) atoms. The molecule has 2 aromatic rings. The molecule has 5 heteroatoms. The van der Waals surface area contributed by atoms with Crippen LogP contribution in [0.4, 0.5) is 5.69 Å². The summed E-state index contributed by atoms with van der Waals surface area (Å²) in [6.07, 6.45) is 1.85. The van der Waals surface area contributed by atoms with Crippen LogP contribution >= 0.6 is 0 Å². The van der Waals surface area contributed by atoms with Crippen molar-refractivity contribution in [1.82, 2.24) is 4.90 Å². The smallest absolute Gasteiger partial charge is 0.221 e. The van der Waals surface area contributed by atoms with Crippen molar-refractivity contribution in [2.24, 2.45) is 11.8 Å². The van der Waals surface area contributed by atoms with Crippen LogP contribution < -0.4 is 5.32 Å². The van der Waals surface area contributed by atoms with E-state index >= 15 is 0 Å². The molecule has 5 nitrogen and oxygen atoms in total. The third-order valence-corrected chi connectivity index (χ3v) is 6.36. The van der Waals surface area contributed by atoms with Crippen molar-refractivity contribution in [3.8, 4) is 0 Å². The average molecular weight is 395 g/mol. The van der Waals surface area contributed by atoms with E-state index in [1.54, 1.807) is 0 Å². The molecule has 2 fully saturated rings. The third-order valence-electron chi connectivity index (χ3n) is 6.36. The molecular weight excluding hydrogens is 364 g/mol. The second kappa shape index (κ2) is 8.27. The van der Waals surface area contributed by atoms with Gasteiger partial charge in [0.25, 0.3) is 0 Å². The maximum atomic E-state index is 11.1. The first-order valence-electron chi connectivity index (χ1n) is 10.4. The zero-order valence-electron chi connectivity index (χ0n) is 16.9. The van der Waals surface area contributed by atoms with Crippen molar-refractivity contribution in [1.29, 1.82) is 0 Å². The van der Waals surface area contributed by atoms with Crippen LogP contribution in [-0.4, -0.2) is 46.3 Å². The van der Waals surface area contributed by atoms with Crippen LogP contribution in [0.5, 0.6) is 0 Å². The van der Waals surface area contributed by atoms with Crippen molar-refractivity contribution in [2.75, 3.05) is 25.0 Å². The normalized spacial score (nSPS) is 27.6. The minimum Gasteiger partial charge on any atom is -0.390 e. The topological polar surface area (TPSA) is 72.8 Å². The number of nitrogens with one attached hydrogen (secondary N) is 1. The number of amides is 1. The molecule has 1 unspecified atom stereocenters. The first kappa shape index (κ1) is 20.1. The number of likely N-dealkylation sites (tertiary alicyclic amines) is 1. The summed E-state index contributed by atoms with van der Waals surface area (Å²) in [5, 5.41) is 24.5. The van der Waals surface area contributed by atoms with Crippen molar-refractivity contribution < 1.29 is 15.0 Å². The number of hydrogen-bond acceptors (Lipinski definition) is 4. The lowest BCUT2D eigenvalue weighted by molar-refractivity contribution is -0.114. The minimum atomic E-state index is -0.596. The Balaban J connectivity index is 1.29. The summed E-state index contributed by atoms with van der Waals surface area (Å²) in [6.45, 7) is 3.95. The molecule has 0 radical (unpaired) electrons. The number of hydrogen-bond donors (Lipinski definition) is 3. The molecule has 0 bridgehead atoms. The van der Waals surface area contributed by atoms with Gasteiger partial charge >= 0.3 is 0 Å². The van der Waals surface area contributed by atoms with Gasteiger partial charge in [0.05, 0.1) is 11.7 Å². The van der Waals surface area contributed by atoms with Crippen molar-refractivity contribution in [3.63, 3.8) is 0 Å². The highest BCUT2D eigenvalue weighted by Gasteiger charge is 2.48. The standard InChI is InChI=1S/C24H30N2O3/c1-17(27)25-22-9-7-19(8-10-22)23(28)16-26-14-20-12-24(29,13-21(20)15-26)11-18-5-3-2-4-6-18/h2-10,20-21,23,28-29H,11-16H2,1H3,(H,25,27)/t20-,21+,23?,24-. The van der Waals surface area contributed by atoms with Gasteiger partial charge in [-0.2, -0.15) is 0 Å². The molecule has 0 spiro atoms. The van der Waals surface area contributed by atoms with Gasteiger partial charge in [0.2, 0.25) is 5.91 Å². The molecule has 1 amide bonds. The fraction of sp³-hybridized carbons (Fsp3) is 0.458. The maximum Gasteiger partial charge on any atom is 0.221 e. The zero-order valence-corrected chi connectivity index (χ0v) is 16.9. The number of aliphatic hydroxyl groups excluding tert-OH is 1. The molecule has 1 saturated carbocycles. The fourth-order valence-corrected chi connectivity index (χ4v) is 5.17. The Bertz CT molecular complexity index is 823. The Morgan fingerprint density at radius 1 is 1.10 bits per heavy atom. The Morgan fingerprint density at radius 3 is 2.31 bits per heavy atom. The predicted octanol–water partition coefficient (Wildman–Crippen LogP) is 2.99. The number of aliphatic hydroxyl groups is 2. The van der Waals surface area contributed by atoms with E-state index in [2.05, 4.69) is 22.3 Å². The second-order valence-electron chi connectivity index (χ2n) is 8.85. The SMILES string of the molecule is CC(=O)Nc1ccc(C(O)CN2C[C@@H]3C[C@@](O)(Cc4ccccc4)C[C@@H]3C2)cc1. The summed E-state index contributed by atoms with van der Waals surface area (Å²) >= 11 is 0. The highest BCUT2D eigenvalue weighted by molar-refractivity contribution is 5.88. The molecule has 1 saturated heterocycles. The van der Waals surface area contributed by atoms with Gasteiger partial charge in [0.15, 0.2) is 0 Å². The molecule has 4 atom stereocenters. The quantitative estimate of drug-likeness (QED) is 0.704. The van der Waals surface area contributed by atoms with E-state index in [4.69, 9.17) is 0 Å². The van der Waals surface area contributed by atoms with Gasteiger partial charge in [-0.25, -0.2) is 0 Å².